The van der Waals surface area contributed by atoms with Crippen LogP contribution in [0.2, 0.25) is 0 Å². The second kappa shape index (κ2) is 6.10. The summed E-state index contributed by atoms with van der Waals surface area (Å²) in [6.45, 7) is 2.58. The second-order valence-corrected chi connectivity index (χ2v) is 4.64. The fraction of sp³-hybridized carbons (Fsp3) is 0.538. The number of hydrogen-bond donors (Lipinski definition) is 2. The summed E-state index contributed by atoms with van der Waals surface area (Å²) in [6.07, 6.45) is 2.24. The van der Waals surface area contributed by atoms with Crippen molar-refractivity contribution >= 4 is 5.97 Å². The number of aromatic carboxylic acids is 1. The van der Waals surface area contributed by atoms with Crippen LogP contribution >= 0.6 is 0 Å². The first-order valence-electron chi connectivity index (χ1n) is 6.17. The molecular weight excluding hydrogens is 248 g/mol. The number of rotatable bonds is 6. The van der Waals surface area contributed by atoms with Crippen LogP contribution in [0.15, 0.2) is 18.3 Å². The van der Waals surface area contributed by atoms with Gasteiger partial charge in [-0.3, -0.25) is 4.98 Å². The van der Waals surface area contributed by atoms with Gasteiger partial charge in [0, 0.05) is 39.4 Å². The highest BCUT2D eigenvalue weighted by Gasteiger charge is 2.34. The molecule has 6 heteroatoms. The monoisotopic (exact) mass is 266 g/mol. The zero-order chi connectivity index (χ0) is 13.7. The molecule has 1 aromatic heterocycles. The molecule has 2 N–H and O–H groups in total. The lowest BCUT2D eigenvalue weighted by Gasteiger charge is -2.25. The SMILES string of the molecule is COC1(CNCc2ccc(C(=O)O)cn2)CCOC1. The first kappa shape index (κ1) is 13.9. The normalized spacial score (nSPS) is 22.6. The maximum absolute atomic E-state index is 10.7. The Hall–Kier alpha value is -1.50. The maximum Gasteiger partial charge on any atom is 0.337 e. The van der Waals surface area contributed by atoms with Crippen molar-refractivity contribution in [2.75, 3.05) is 26.9 Å². The minimum Gasteiger partial charge on any atom is -0.478 e. The van der Waals surface area contributed by atoms with Crippen LogP contribution in [0.25, 0.3) is 0 Å². The van der Waals surface area contributed by atoms with Gasteiger partial charge in [-0.05, 0) is 12.1 Å². The van der Waals surface area contributed by atoms with Crippen molar-refractivity contribution in [3.05, 3.63) is 29.6 Å². The quantitative estimate of drug-likeness (QED) is 0.788. The maximum atomic E-state index is 10.7. The predicted molar refractivity (Wildman–Crippen MR) is 68.1 cm³/mol. The van der Waals surface area contributed by atoms with E-state index in [1.165, 1.54) is 6.20 Å². The van der Waals surface area contributed by atoms with Crippen molar-refractivity contribution in [2.24, 2.45) is 0 Å². The first-order chi connectivity index (χ1) is 9.15. The molecule has 2 rings (SSSR count). The Labute approximate surface area is 111 Å². The number of pyridine rings is 1. The summed E-state index contributed by atoms with van der Waals surface area (Å²) >= 11 is 0. The molecule has 0 aromatic carbocycles. The molecule has 19 heavy (non-hydrogen) atoms. The lowest BCUT2D eigenvalue weighted by Crippen LogP contribution is -2.42. The van der Waals surface area contributed by atoms with Gasteiger partial charge in [0.1, 0.15) is 5.60 Å². The Balaban J connectivity index is 1.83. The number of nitrogens with one attached hydrogen (secondary N) is 1. The summed E-state index contributed by atoms with van der Waals surface area (Å²) in [7, 11) is 1.69. The van der Waals surface area contributed by atoms with Crippen LogP contribution in [0.1, 0.15) is 22.5 Å². The Morgan fingerprint density at radius 3 is 3.00 bits per heavy atom. The minimum atomic E-state index is -0.964. The highest BCUT2D eigenvalue weighted by Crippen LogP contribution is 2.21. The molecule has 0 bridgehead atoms. The molecular formula is C13H18N2O4. The largest absolute Gasteiger partial charge is 0.478 e. The van der Waals surface area contributed by atoms with Gasteiger partial charge in [0.15, 0.2) is 0 Å². The molecule has 2 heterocycles. The standard InChI is InChI=1S/C13H18N2O4/c1-18-13(4-5-19-9-13)8-14-7-11-3-2-10(6-15-11)12(16)17/h2-3,6,14H,4-5,7-9H2,1H3,(H,16,17). The fourth-order valence-electron chi connectivity index (χ4n) is 2.04. The lowest BCUT2D eigenvalue weighted by atomic mass is 10.0. The van der Waals surface area contributed by atoms with Gasteiger partial charge in [0.2, 0.25) is 0 Å². The molecule has 1 fully saturated rings. The van der Waals surface area contributed by atoms with Crippen molar-refractivity contribution in [2.45, 2.75) is 18.6 Å². The third-order valence-corrected chi connectivity index (χ3v) is 3.33. The van der Waals surface area contributed by atoms with E-state index in [1.54, 1.807) is 19.2 Å². The summed E-state index contributed by atoms with van der Waals surface area (Å²) in [5.41, 5.74) is 0.748. The molecule has 0 radical (unpaired) electrons. The minimum absolute atomic E-state index is 0.196. The zero-order valence-corrected chi connectivity index (χ0v) is 10.9. The molecule has 0 amide bonds. The number of nitrogens with zero attached hydrogens (tertiary/aromatic N) is 1. The van der Waals surface area contributed by atoms with Crippen LogP contribution in [0.5, 0.6) is 0 Å². The molecule has 1 atom stereocenters. The van der Waals surface area contributed by atoms with Crippen LogP contribution in [-0.4, -0.2) is 48.5 Å². The molecule has 1 aliphatic heterocycles. The smallest absolute Gasteiger partial charge is 0.337 e. The molecule has 1 unspecified atom stereocenters. The molecule has 0 spiro atoms. The molecule has 0 aliphatic carbocycles. The average molecular weight is 266 g/mol. The van der Waals surface area contributed by atoms with Crippen LogP contribution in [-0.2, 0) is 16.0 Å². The number of aromatic nitrogens is 1. The van der Waals surface area contributed by atoms with Gasteiger partial charge in [-0.1, -0.05) is 0 Å². The lowest BCUT2D eigenvalue weighted by molar-refractivity contribution is -0.0159. The summed E-state index contributed by atoms with van der Waals surface area (Å²) in [4.78, 5) is 14.8. The van der Waals surface area contributed by atoms with E-state index in [9.17, 15) is 4.79 Å². The van der Waals surface area contributed by atoms with Gasteiger partial charge in [-0.15, -0.1) is 0 Å². The van der Waals surface area contributed by atoms with Crippen molar-refractivity contribution in [1.29, 1.82) is 0 Å². The van der Waals surface area contributed by atoms with E-state index in [-0.39, 0.29) is 11.2 Å². The number of hydrogen-bond acceptors (Lipinski definition) is 5. The molecule has 0 saturated carbocycles. The summed E-state index contributed by atoms with van der Waals surface area (Å²) in [5.74, 6) is -0.964. The van der Waals surface area contributed by atoms with Crippen LogP contribution in [0.3, 0.4) is 0 Å². The van der Waals surface area contributed by atoms with Gasteiger partial charge < -0.3 is 19.9 Å². The second-order valence-electron chi connectivity index (χ2n) is 4.64. The summed E-state index contributed by atoms with van der Waals surface area (Å²) < 4.78 is 10.9. The third-order valence-electron chi connectivity index (χ3n) is 3.33. The van der Waals surface area contributed by atoms with Gasteiger partial charge in [0.25, 0.3) is 0 Å². The van der Waals surface area contributed by atoms with Crippen molar-refractivity contribution in [3.63, 3.8) is 0 Å². The zero-order valence-electron chi connectivity index (χ0n) is 10.9. The fourth-order valence-corrected chi connectivity index (χ4v) is 2.04. The average Bonchev–Trinajstić information content (AvgIpc) is 2.89. The molecule has 1 aromatic rings. The summed E-state index contributed by atoms with van der Waals surface area (Å²) in [5, 5.41) is 12.0. The van der Waals surface area contributed by atoms with Crippen LogP contribution in [0.4, 0.5) is 0 Å². The van der Waals surface area contributed by atoms with E-state index < -0.39 is 5.97 Å². The van der Waals surface area contributed by atoms with Crippen molar-refractivity contribution in [3.8, 4) is 0 Å². The van der Waals surface area contributed by atoms with E-state index in [1.807, 2.05) is 0 Å². The van der Waals surface area contributed by atoms with Gasteiger partial charge in [0.05, 0.1) is 17.9 Å². The number of carboxylic acids is 1. The van der Waals surface area contributed by atoms with E-state index >= 15 is 0 Å². The number of methoxy groups -OCH3 is 1. The highest BCUT2D eigenvalue weighted by atomic mass is 16.5. The highest BCUT2D eigenvalue weighted by molar-refractivity contribution is 5.87. The van der Waals surface area contributed by atoms with E-state index in [0.717, 1.165) is 18.7 Å². The topological polar surface area (TPSA) is 80.7 Å². The van der Waals surface area contributed by atoms with Gasteiger partial charge in [-0.25, -0.2) is 4.79 Å². The Kier molecular flexibility index (Phi) is 4.47. The van der Waals surface area contributed by atoms with Crippen molar-refractivity contribution < 1.29 is 19.4 Å². The van der Waals surface area contributed by atoms with Gasteiger partial charge in [-0.2, -0.15) is 0 Å². The van der Waals surface area contributed by atoms with E-state index in [2.05, 4.69) is 10.3 Å². The van der Waals surface area contributed by atoms with Crippen molar-refractivity contribution in [1.82, 2.24) is 10.3 Å². The molecule has 104 valence electrons. The third kappa shape index (κ3) is 3.50. The summed E-state index contributed by atoms with van der Waals surface area (Å²) in [6, 6.07) is 3.26. The Morgan fingerprint density at radius 2 is 2.47 bits per heavy atom. The van der Waals surface area contributed by atoms with E-state index in [0.29, 0.717) is 19.7 Å². The van der Waals surface area contributed by atoms with E-state index in [4.69, 9.17) is 14.6 Å². The van der Waals surface area contributed by atoms with Gasteiger partial charge >= 0.3 is 5.97 Å². The van der Waals surface area contributed by atoms with Crippen LogP contribution in [0, 0.1) is 0 Å². The van der Waals surface area contributed by atoms with Crippen LogP contribution < -0.4 is 5.32 Å². The predicted octanol–water partition coefficient (Wildman–Crippen LogP) is 0.675. The Morgan fingerprint density at radius 1 is 1.63 bits per heavy atom. The molecule has 1 aliphatic rings. The first-order valence-corrected chi connectivity index (χ1v) is 6.17. The number of ether oxygens (including phenoxy) is 2. The molecule has 1 saturated heterocycles. The molecule has 6 nitrogen and oxygen atoms in total. The Bertz CT molecular complexity index is 427. The number of carboxylic acid groups (broad SMARTS) is 1. The number of carbonyl (C=O) groups is 1.